The standard InChI is InChI=1S/C19H24N2/c1-21(2)19-14-12-17(13-15-19)9-5-4-8-16-20-18-10-6-3-7-11-18/h3,5-7,9-15,20H,4,8,16H2,1-2H3. The number of nitrogens with zero attached hydrogens (tertiary/aromatic N) is 1. The minimum atomic E-state index is 1.01. The summed E-state index contributed by atoms with van der Waals surface area (Å²) in [6.07, 6.45) is 6.68. The molecule has 0 atom stereocenters. The Morgan fingerprint density at radius 3 is 2.33 bits per heavy atom. The molecule has 2 heteroatoms. The van der Waals surface area contributed by atoms with Crippen LogP contribution in [-0.2, 0) is 0 Å². The van der Waals surface area contributed by atoms with Gasteiger partial charge in [-0.2, -0.15) is 0 Å². The normalized spacial score (nSPS) is 10.8. The smallest absolute Gasteiger partial charge is 0.0361 e. The Morgan fingerprint density at radius 2 is 1.67 bits per heavy atom. The fourth-order valence-electron chi connectivity index (χ4n) is 2.11. The van der Waals surface area contributed by atoms with Crippen LogP contribution in [0.2, 0.25) is 0 Å². The number of benzene rings is 2. The van der Waals surface area contributed by atoms with Crippen molar-refractivity contribution in [2.24, 2.45) is 0 Å². The molecule has 21 heavy (non-hydrogen) atoms. The van der Waals surface area contributed by atoms with E-state index in [2.05, 4.69) is 85.0 Å². The first kappa shape index (κ1) is 15.2. The van der Waals surface area contributed by atoms with Crippen molar-refractivity contribution in [1.82, 2.24) is 0 Å². The lowest BCUT2D eigenvalue weighted by molar-refractivity contribution is 0.892. The Bertz CT molecular complexity index is 542. The van der Waals surface area contributed by atoms with E-state index >= 15 is 0 Å². The Hall–Kier alpha value is -2.22. The largest absolute Gasteiger partial charge is 0.385 e. The monoisotopic (exact) mass is 280 g/mol. The summed E-state index contributed by atoms with van der Waals surface area (Å²) in [4.78, 5) is 2.11. The number of unbranched alkanes of at least 4 members (excludes halogenated alkanes) is 1. The summed E-state index contributed by atoms with van der Waals surface area (Å²) in [5.41, 5.74) is 3.69. The van der Waals surface area contributed by atoms with Crippen molar-refractivity contribution < 1.29 is 0 Å². The van der Waals surface area contributed by atoms with Crippen LogP contribution in [0.5, 0.6) is 0 Å². The molecule has 1 N–H and O–H groups in total. The molecule has 0 saturated heterocycles. The molecule has 0 radical (unpaired) electrons. The fraction of sp³-hybridized carbons (Fsp3) is 0.263. The van der Waals surface area contributed by atoms with Crippen LogP contribution < -0.4 is 10.2 Å². The van der Waals surface area contributed by atoms with Crippen molar-refractivity contribution in [3.8, 4) is 0 Å². The van der Waals surface area contributed by atoms with Gasteiger partial charge in [0, 0.05) is 32.0 Å². The van der Waals surface area contributed by atoms with E-state index in [0.717, 1.165) is 19.4 Å². The average Bonchev–Trinajstić information content (AvgIpc) is 2.52. The third-order valence-electron chi connectivity index (χ3n) is 3.37. The molecular weight excluding hydrogens is 256 g/mol. The summed E-state index contributed by atoms with van der Waals surface area (Å²) < 4.78 is 0. The van der Waals surface area contributed by atoms with Gasteiger partial charge in [-0.3, -0.25) is 0 Å². The van der Waals surface area contributed by atoms with Crippen molar-refractivity contribution in [3.05, 3.63) is 66.2 Å². The summed E-state index contributed by atoms with van der Waals surface area (Å²) >= 11 is 0. The minimum Gasteiger partial charge on any atom is -0.385 e. The third kappa shape index (κ3) is 5.35. The Morgan fingerprint density at radius 1 is 0.952 bits per heavy atom. The molecule has 2 aromatic rings. The van der Waals surface area contributed by atoms with Crippen molar-refractivity contribution in [2.75, 3.05) is 30.9 Å². The summed E-state index contributed by atoms with van der Waals surface area (Å²) in [5, 5.41) is 3.42. The van der Waals surface area contributed by atoms with Crippen LogP contribution in [0, 0.1) is 0 Å². The Kier molecular flexibility index (Phi) is 5.89. The molecule has 0 aliphatic carbocycles. The molecule has 0 spiro atoms. The van der Waals surface area contributed by atoms with Gasteiger partial charge in [0.1, 0.15) is 0 Å². The SMILES string of the molecule is CN(C)c1ccc(C=CCCCNc2ccccc2)cc1. The summed E-state index contributed by atoms with van der Waals surface area (Å²) in [6.45, 7) is 1.01. The van der Waals surface area contributed by atoms with Crippen molar-refractivity contribution in [1.29, 1.82) is 0 Å². The molecule has 0 aromatic heterocycles. The highest BCUT2D eigenvalue weighted by Gasteiger charge is 1.93. The molecule has 0 aliphatic rings. The maximum absolute atomic E-state index is 3.42. The average molecular weight is 280 g/mol. The maximum atomic E-state index is 3.42. The van der Waals surface area contributed by atoms with E-state index in [4.69, 9.17) is 0 Å². The van der Waals surface area contributed by atoms with Crippen LogP contribution in [0.25, 0.3) is 6.08 Å². The highest BCUT2D eigenvalue weighted by atomic mass is 15.1. The number of hydrogen-bond acceptors (Lipinski definition) is 2. The first-order chi connectivity index (χ1) is 10.3. The van der Waals surface area contributed by atoms with Crippen molar-refractivity contribution in [3.63, 3.8) is 0 Å². The van der Waals surface area contributed by atoms with Crippen LogP contribution >= 0.6 is 0 Å². The Labute approximate surface area is 128 Å². The van der Waals surface area contributed by atoms with Crippen LogP contribution in [0.1, 0.15) is 18.4 Å². The van der Waals surface area contributed by atoms with Gasteiger partial charge in [-0.1, -0.05) is 42.5 Å². The van der Waals surface area contributed by atoms with Gasteiger partial charge in [0.2, 0.25) is 0 Å². The van der Waals surface area contributed by atoms with Gasteiger partial charge in [-0.25, -0.2) is 0 Å². The number of nitrogens with one attached hydrogen (secondary N) is 1. The number of allylic oxidation sites excluding steroid dienone is 1. The maximum Gasteiger partial charge on any atom is 0.0361 e. The highest BCUT2D eigenvalue weighted by Crippen LogP contribution is 2.13. The summed E-state index contributed by atoms with van der Waals surface area (Å²) in [7, 11) is 4.12. The molecule has 0 aliphatic heterocycles. The van der Waals surface area contributed by atoms with Gasteiger partial charge < -0.3 is 10.2 Å². The molecule has 0 bridgehead atoms. The number of anilines is 2. The number of rotatable bonds is 7. The lowest BCUT2D eigenvalue weighted by Crippen LogP contribution is -2.07. The molecule has 0 heterocycles. The van der Waals surface area contributed by atoms with E-state index in [1.54, 1.807) is 0 Å². The summed E-state index contributed by atoms with van der Waals surface area (Å²) in [6, 6.07) is 19.0. The quantitative estimate of drug-likeness (QED) is 0.742. The molecule has 0 amide bonds. The second-order valence-electron chi connectivity index (χ2n) is 5.32. The number of para-hydroxylation sites is 1. The van der Waals surface area contributed by atoms with E-state index in [1.807, 2.05) is 6.07 Å². The fourth-order valence-corrected chi connectivity index (χ4v) is 2.11. The zero-order valence-corrected chi connectivity index (χ0v) is 12.9. The predicted octanol–water partition coefficient (Wildman–Crippen LogP) is 4.66. The van der Waals surface area contributed by atoms with Gasteiger partial charge in [0.25, 0.3) is 0 Å². The Balaban J connectivity index is 1.68. The topological polar surface area (TPSA) is 15.3 Å². The lowest BCUT2D eigenvalue weighted by atomic mass is 10.1. The zero-order valence-electron chi connectivity index (χ0n) is 12.9. The van der Waals surface area contributed by atoms with E-state index in [0.29, 0.717) is 0 Å². The summed E-state index contributed by atoms with van der Waals surface area (Å²) in [5.74, 6) is 0. The van der Waals surface area contributed by atoms with E-state index < -0.39 is 0 Å². The molecule has 0 saturated carbocycles. The molecule has 0 unspecified atom stereocenters. The highest BCUT2D eigenvalue weighted by molar-refractivity contribution is 5.55. The third-order valence-corrected chi connectivity index (χ3v) is 3.37. The van der Waals surface area contributed by atoms with Gasteiger partial charge in [0.15, 0.2) is 0 Å². The second kappa shape index (κ2) is 8.15. The molecule has 0 fully saturated rings. The lowest BCUT2D eigenvalue weighted by Gasteiger charge is -2.11. The van der Waals surface area contributed by atoms with Crippen molar-refractivity contribution >= 4 is 17.5 Å². The zero-order chi connectivity index (χ0) is 14.9. The van der Waals surface area contributed by atoms with Crippen LogP contribution in [0.4, 0.5) is 11.4 Å². The van der Waals surface area contributed by atoms with Crippen LogP contribution in [-0.4, -0.2) is 20.6 Å². The van der Waals surface area contributed by atoms with E-state index in [1.165, 1.54) is 16.9 Å². The van der Waals surface area contributed by atoms with Gasteiger partial charge in [-0.15, -0.1) is 0 Å². The van der Waals surface area contributed by atoms with Gasteiger partial charge in [-0.05, 0) is 42.7 Å². The number of hydrogen-bond donors (Lipinski definition) is 1. The van der Waals surface area contributed by atoms with E-state index in [9.17, 15) is 0 Å². The molecule has 110 valence electrons. The van der Waals surface area contributed by atoms with Crippen molar-refractivity contribution in [2.45, 2.75) is 12.8 Å². The van der Waals surface area contributed by atoms with Crippen LogP contribution in [0.3, 0.4) is 0 Å². The molecule has 2 aromatic carbocycles. The van der Waals surface area contributed by atoms with E-state index in [-0.39, 0.29) is 0 Å². The first-order valence-corrected chi connectivity index (χ1v) is 7.48. The molecule has 2 rings (SSSR count). The molecule has 2 nitrogen and oxygen atoms in total. The van der Waals surface area contributed by atoms with Gasteiger partial charge >= 0.3 is 0 Å². The molecular formula is C19H24N2. The minimum absolute atomic E-state index is 1.01. The second-order valence-corrected chi connectivity index (χ2v) is 5.32. The van der Waals surface area contributed by atoms with Crippen LogP contribution in [0.15, 0.2) is 60.7 Å². The predicted molar refractivity (Wildman–Crippen MR) is 94.0 cm³/mol. The van der Waals surface area contributed by atoms with Gasteiger partial charge in [0.05, 0.1) is 0 Å². The first-order valence-electron chi connectivity index (χ1n) is 7.48.